The largest absolute Gasteiger partial charge is 0.383 e. The zero-order chi connectivity index (χ0) is 11.3. The highest BCUT2D eigenvalue weighted by molar-refractivity contribution is 4.98. The van der Waals surface area contributed by atoms with Crippen molar-refractivity contribution in [3.05, 3.63) is 0 Å². The lowest BCUT2D eigenvalue weighted by molar-refractivity contribution is 0.0877. The number of methoxy groups -OCH3 is 1. The average Bonchev–Trinajstić information content (AvgIpc) is 2.66. The fourth-order valence-electron chi connectivity index (χ4n) is 2.49. The number of rotatable bonds is 5. The first-order valence-corrected chi connectivity index (χ1v) is 5.85. The number of nitriles is 1. The zero-order valence-electron chi connectivity index (χ0n) is 10.1. The molecule has 2 atom stereocenters. The summed E-state index contributed by atoms with van der Waals surface area (Å²) in [6.07, 6.45) is 3.43. The van der Waals surface area contributed by atoms with Crippen LogP contribution in [0.2, 0.25) is 0 Å². The van der Waals surface area contributed by atoms with E-state index < -0.39 is 0 Å². The van der Waals surface area contributed by atoms with E-state index in [0.29, 0.717) is 12.1 Å². The molecule has 0 saturated heterocycles. The molecule has 2 unspecified atom stereocenters. The van der Waals surface area contributed by atoms with Crippen LogP contribution in [0.3, 0.4) is 0 Å². The van der Waals surface area contributed by atoms with Crippen LogP contribution >= 0.6 is 0 Å². The van der Waals surface area contributed by atoms with Gasteiger partial charge < -0.3 is 4.74 Å². The molecule has 1 fully saturated rings. The average molecular weight is 210 g/mol. The lowest BCUT2D eigenvalue weighted by Crippen LogP contribution is -2.44. The van der Waals surface area contributed by atoms with E-state index >= 15 is 0 Å². The van der Waals surface area contributed by atoms with E-state index in [4.69, 9.17) is 10.00 Å². The Morgan fingerprint density at radius 2 is 2.20 bits per heavy atom. The minimum Gasteiger partial charge on any atom is -0.383 e. The van der Waals surface area contributed by atoms with E-state index in [2.05, 4.69) is 24.8 Å². The fraction of sp³-hybridized carbons (Fsp3) is 0.917. The molecule has 0 heterocycles. The SMILES string of the molecule is COCCN(C(C)C)C1CCCC1C#N. The van der Waals surface area contributed by atoms with E-state index in [1.807, 2.05) is 0 Å². The summed E-state index contributed by atoms with van der Waals surface area (Å²) in [7, 11) is 1.73. The Hall–Kier alpha value is -0.590. The normalized spacial score (nSPS) is 26.1. The summed E-state index contributed by atoms with van der Waals surface area (Å²) in [5.41, 5.74) is 0. The van der Waals surface area contributed by atoms with Gasteiger partial charge >= 0.3 is 0 Å². The molecule has 0 spiro atoms. The topological polar surface area (TPSA) is 36.3 Å². The summed E-state index contributed by atoms with van der Waals surface area (Å²) >= 11 is 0. The van der Waals surface area contributed by atoms with Crippen LogP contribution in [0.1, 0.15) is 33.1 Å². The predicted molar refractivity (Wildman–Crippen MR) is 60.5 cm³/mol. The molecule has 15 heavy (non-hydrogen) atoms. The lowest BCUT2D eigenvalue weighted by atomic mass is 10.0. The van der Waals surface area contributed by atoms with Gasteiger partial charge in [0.2, 0.25) is 0 Å². The van der Waals surface area contributed by atoms with Crippen LogP contribution in [-0.2, 0) is 4.74 Å². The van der Waals surface area contributed by atoms with Crippen LogP contribution in [0.15, 0.2) is 0 Å². The molecule has 1 aliphatic carbocycles. The number of hydrogen-bond acceptors (Lipinski definition) is 3. The minimum absolute atomic E-state index is 0.226. The molecule has 0 aromatic heterocycles. The summed E-state index contributed by atoms with van der Waals surface area (Å²) in [6, 6.07) is 3.39. The Bertz CT molecular complexity index is 222. The summed E-state index contributed by atoms with van der Waals surface area (Å²) in [6.45, 7) is 6.09. The van der Waals surface area contributed by atoms with E-state index in [0.717, 1.165) is 19.6 Å². The Labute approximate surface area is 93.0 Å². The van der Waals surface area contributed by atoms with E-state index in [1.54, 1.807) is 7.11 Å². The zero-order valence-corrected chi connectivity index (χ0v) is 10.1. The van der Waals surface area contributed by atoms with Gasteiger partial charge in [0, 0.05) is 25.7 Å². The second-order valence-electron chi connectivity index (χ2n) is 4.56. The third-order valence-corrected chi connectivity index (χ3v) is 3.29. The minimum atomic E-state index is 0.226. The molecule has 0 aromatic rings. The monoisotopic (exact) mass is 210 g/mol. The highest BCUT2D eigenvalue weighted by Crippen LogP contribution is 2.30. The molecule has 0 radical (unpaired) electrons. The maximum atomic E-state index is 9.08. The van der Waals surface area contributed by atoms with Crippen molar-refractivity contribution in [2.75, 3.05) is 20.3 Å². The third kappa shape index (κ3) is 3.19. The van der Waals surface area contributed by atoms with Gasteiger partial charge in [0.15, 0.2) is 0 Å². The molecule has 1 rings (SSSR count). The molecule has 86 valence electrons. The maximum absolute atomic E-state index is 9.08. The van der Waals surface area contributed by atoms with Gasteiger partial charge in [-0.1, -0.05) is 6.42 Å². The summed E-state index contributed by atoms with van der Waals surface area (Å²) in [5, 5.41) is 9.08. The first-order valence-electron chi connectivity index (χ1n) is 5.85. The van der Waals surface area contributed by atoms with E-state index in [9.17, 15) is 0 Å². The van der Waals surface area contributed by atoms with Crippen molar-refractivity contribution >= 4 is 0 Å². The van der Waals surface area contributed by atoms with Crippen LogP contribution in [0.5, 0.6) is 0 Å². The van der Waals surface area contributed by atoms with Crippen LogP contribution in [0.4, 0.5) is 0 Å². The van der Waals surface area contributed by atoms with Crippen molar-refractivity contribution in [1.82, 2.24) is 4.90 Å². The Morgan fingerprint density at radius 1 is 1.47 bits per heavy atom. The van der Waals surface area contributed by atoms with Crippen LogP contribution in [0.25, 0.3) is 0 Å². The molecule has 3 heteroatoms. The molecule has 1 aliphatic rings. The van der Waals surface area contributed by atoms with Gasteiger partial charge in [-0.05, 0) is 26.7 Å². The van der Waals surface area contributed by atoms with Crippen LogP contribution in [0, 0.1) is 17.2 Å². The van der Waals surface area contributed by atoms with Crippen molar-refractivity contribution < 1.29 is 4.74 Å². The van der Waals surface area contributed by atoms with Gasteiger partial charge in [0.05, 0.1) is 18.6 Å². The molecule has 1 saturated carbocycles. The van der Waals surface area contributed by atoms with Gasteiger partial charge in [0.25, 0.3) is 0 Å². The van der Waals surface area contributed by atoms with Gasteiger partial charge in [-0.25, -0.2) is 0 Å². The van der Waals surface area contributed by atoms with Gasteiger partial charge in [-0.15, -0.1) is 0 Å². The number of ether oxygens (including phenoxy) is 1. The quantitative estimate of drug-likeness (QED) is 0.696. The Kier molecular flexibility index (Phi) is 5.07. The van der Waals surface area contributed by atoms with E-state index in [1.165, 1.54) is 12.8 Å². The number of hydrogen-bond donors (Lipinski definition) is 0. The molecule has 0 aliphatic heterocycles. The molecular weight excluding hydrogens is 188 g/mol. The second kappa shape index (κ2) is 6.09. The summed E-state index contributed by atoms with van der Waals surface area (Å²) in [4.78, 5) is 2.42. The van der Waals surface area contributed by atoms with Crippen molar-refractivity contribution in [3.8, 4) is 6.07 Å². The van der Waals surface area contributed by atoms with E-state index in [-0.39, 0.29) is 5.92 Å². The standard InChI is InChI=1S/C12H22N2O/c1-10(2)14(7-8-15-3)12-6-4-5-11(12)9-13/h10-12H,4-8H2,1-3H3. The second-order valence-corrected chi connectivity index (χ2v) is 4.56. The highest BCUT2D eigenvalue weighted by atomic mass is 16.5. The Balaban J connectivity index is 2.58. The summed E-state index contributed by atoms with van der Waals surface area (Å²) in [5.74, 6) is 0.226. The molecule has 0 N–H and O–H groups in total. The predicted octanol–water partition coefficient (Wildman–Crippen LogP) is 2.04. The van der Waals surface area contributed by atoms with Crippen molar-refractivity contribution in [1.29, 1.82) is 5.26 Å². The van der Waals surface area contributed by atoms with Crippen molar-refractivity contribution in [2.45, 2.75) is 45.2 Å². The lowest BCUT2D eigenvalue weighted by Gasteiger charge is -2.33. The van der Waals surface area contributed by atoms with Gasteiger partial charge in [0.1, 0.15) is 0 Å². The van der Waals surface area contributed by atoms with Gasteiger partial charge in [-0.2, -0.15) is 5.26 Å². The highest BCUT2D eigenvalue weighted by Gasteiger charge is 2.32. The summed E-state index contributed by atoms with van der Waals surface area (Å²) < 4.78 is 5.13. The molecule has 0 amide bonds. The molecule has 0 aromatic carbocycles. The van der Waals surface area contributed by atoms with Gasteiger partial charge in [-0.3, -0.25) is 4.90 Å². The van der Waals surface area contributed by atoms with Crippen LogP contribution in [-0.4, -0.2) is 37.2 Å². The Morgan fingerprint density at radius 3 is 2.73 bits per heavy atom. The third-order valence-electron chi connectivity index (χ3n) is 3.29. The van der Waals surface area contributed by atoms with Crippen molar-refractivity contribution in [2.24, 2.45) is 5.92 Å². The number of nitrogens with zero attached hydrogens (tertiary/aromatic N) is 2. The molecule has 0 bridgehead atoms. The van der Waals surface area contributed by atoms with Crippen LogP contribution < -0.4 is 0 Å². The maximum Gasteiger partial charge on any atom is 0.0672 e. The smallest absolute Gasteiger partial charge is 0.0672 e. The molecule has 3 nitrogen and oxygen atoms in total. The first kappa shape index (κ1) is 12.5. The fourth-order valence-corrected chi connectivity index (χ4v) is 2.49. The first-order chi connectivity index (χ1) is 7.20. The van der Waals surface area contributed by atoms with Crippen molar-refractivity contribution in [3.63, 3.8) is 0 Å². The molecular formula is C12H22N2O.